The minimum atomic E-state index is -0.119. The third kappa shape index (κ3) is 16.4. The van der Waals surface area contributed by atoms with E-state index < -0.39 is 0 Å². The fraction of sp³-hybridized carbons (Fsp3) is 0.900. The second-order valence-electron chi connectivity index (χ2n) is 5.68. The van der Waals surface area contributed by atoms with Crippen molar-refractivity contribution in [3.05, 3.63) is 0 Å². The zero-order valence-corrected chi connectivity index (χ0v) is 12.6. The number of carbonyl (C=O) groups excluding carboxylic acids is 1. The summed E-state index contributed by atoms with van der Waals surface area (Å²) >= 11 is 0. The molecule has 4 nitrogen and oxygen atoms in total. The second kappa shape index (κ2) is 8.12. The number of ether oxygens (including phenoxy) is 1. The first-order chi connectivity index (χ1) is 6.10. The lowest BCUT2D eigenvalue weighted by atomic mass is 10.5. The van der Waals surface area contributed by atoms with Gasteiger partial charge in [-0.15, -0.1) is 0 Å². The summed E-state index contributed by atoms with van der Waals surface area (Å²) in [7, 11) is 12.2. The normalized spacial score (nSPS) is 11.1. The van der Waals surface area contributed by atoms with Gasteiger partial charge in [-0.05, 0) is 0 Å². The first-order valence-electron chi connectivity index (χ1n) is 4.87. The molecule has 6 heteroatoms. The molecule has 0 spiro atoms. The highest BCUT2D eigenvalue weighted by atomic mass is 35.5. The van der Waals surface area contributed by atoms with Gasteiger partial charge in [0.2, 0.25) is 0 Å². The van der Waals surface area contributed by atoms with Crippen molar-refractivity contribution in [2.45, 2.75) is 0 Å². The quantitative estimate of drug-likeness (QED) is 0.369. The lowest BCUT2D eigenvalue weighted by Crippen LogP contribution is -3.00. The monoisotopic (exact) mass is 274 g/mol. The molecule has 0 radical (unpaired) electrons. The first kappa shape index (κ1) is 21.3. The Morgan fingerprint density at radius 3 is 1.69 bits per heavy atom. The average molecular weight is 275 g/mol. The number of likely N-dealkylation sites (N-methyl/N-ethyl adjacent to an activating group) is 2. The molecular formula is C10H24Cl2N2O2. The van der Waals surface area contributed by atoms with E-state index in [0.29, 0.717) is 17.6 Å². The highest BCUT2D eigenvalue weighted by Gasteiger charge is 2.16. The van der Waals surface area contributed by atoms with E-state index in [2.05, 4.69) is 21.1 Å². The van der Waals surface area contributed by atoms with Crippen molar-refractivity contribution >= 4 is 5.97 Å². The Morgan fingerprint density at radius 1 is 0.938 bits per heavy atom. The largest absolute Gasteiger partial charge is 1.00 e. The Bertz CT molecular complexity index is 198. The van der Waals surface area contributed by atoms with Crippen molar-refractivity contribution in [1.29, 1.82) is 0 Å². The molecule has 0 bridgehead atoms. The van der Waals surface area contributed by atoms with E-state index in [9.17, 15) is 4.79 Å². The van der Waals surface area contributed by atoms with Gasteiger partial charge in [0, 0.05) is 0 Å². The molecule has 100 valence electrons. The molecular weight excluding hydrogens is 251 g/mol. The maximum atomic E-state index is 11.3. The summed E-state index contributed by atoms with van der Waals surface area (Å²) in [6, 6.07) is 0. The Hall–Kier alpha value is -0.0300. The number of quaternary nitrogens is 2. The highest BCUT2D eigenvalue weighted by molar-refractivity contribution is 5.70. The molecule has 0 rings (SSSR count). The van der Waals surface area contributed by atoms with Crippen LogP contribution in [0.1, 0.15) is 0 Å². The lowest BCUT2D eigenvalue weighted by Gasteiger charge is -2.25. The third-order valence-corrected chi connectivity index (χ3v) is 1.63. The molecule has 16 heavy (non-hydrogen) atoms. The van der Waals surface area contributed by atoms with Gasteiger partial charge in [0.15, 0.2) is 6.54 Å². The van der Waals surface area contributed by atoms with Gasteiger partial charge in [-0.3, -0.25) is 0 Å². The molecule has 0 aromatic rings. The number of nitrogens with zero attached hydrogens (tertiary/aromatic N) is 2. The van der Waals surface area contributed by atoms with Gasteiger partial charge >= 0.3 is 5.97 Å². The number of rotatable bonds is 5. The molecule has 0 aliphatic rings. The van der Waals surface area contributed by atoms with Gasteiger partial charge in [0.1, 0.15) is 13.2 Å². The Morgan fingerprint density at radius 2 is 1.38 bits per heavy atom. The molecule has 0 saturated carbocycles. The molecule has 0 aromatic heterocycles. The van der Waals surface area contributed by atoms with Crippen LogP contribution in [0.3, 0.4) is 0 Å². The van der Waals surface area contributed by atoms with E-state index in [1.165, 1.54) is 0 Å². The van der Waals surface area contributed by atoms with Crippen LogP contribution in [-0.4, -0.2) is 76.9 Å². The van der Waals surface area contributed by atoms with Crippen LogP contribution in [0.15, 0.2) is 0 Å². The minimum Gasteiger partial charge on any atom is -1.00 e. The van der Waals surface area contributed by atoms with Crippen molar-refractivity contribution < 1.29 is 43.3 Å². The number of halogens is 2. The fourth-order valence-corrected chi connectivity index (χ4v) is 0.866. The third-order valence-electron chi connectivity index (χ3n) is 1.63. The van der Waals surface area contributed by atoms with Gasteiger partial charge in [-0.1, -0.05) is 0 Å². The summed E-state index contributed by atoms with van der Waals surface area (Å²) < 4.78 is 6.56. The van der Waals surface area contributed by atoms with Crippen LogP contribution in [0, 0.1) is 0 Å². The molecule has 0 atom stereocenters. The molecule has 0 saturated heterocycles. The van der Waals surface area contributed by atoms with Crippen LogP contribution < -0.4 is 24.8 Å². The second-order valence-corrected chi connectivity index (χ2v) is 5.68. The zero-order valence-electron chi connectivity index (χ0n) is 11.1. The molecule has 0 unspecified atom stereocenters. The Kier molecular flexibility index (Phi) is 10.8. The van der Waals surface area contributed by atoms with E-state index in [-0.39, 0.29) is 30.8 Å². The summed E-state index contributed by atoms with van der Waals surface area (Å²) in [6.45, 7) is 1.78. The number of hydrogen-bond acceptors (Lipinski definition) is 2. The van der Waals surface area contributed by atoms with E-state index in [1.807, 2.05) is 21.1 Å². The van der Waals surface area contributed by atoms with Crippen molar-refractivity contribution in [1.82, 2.24) is 0 Å². The molecule has 0 N–H and O–H groups in total. The minimum absolute atomic E-state index is 0. The van der Waals surface area contributed by atoms with Crippen LogP contribution in [-0.2, 0) is 9.53 Å². The van der Waals surface area contributed by atoms with Crippen LogP contribution in [0.25, 0.3) is 0 Å². The molecule has 0 aliphatic carbocycles. The maximum absolute atomic E-state index is 11.3. The van der Waals surface area contributed by atoms with Crippen molar-refractivity contribution in [2.24, 2.45) is 0 Å². The average Bonchev–Trinajstić information content (AvgIpc) is 1.78. The number of esters is 1. The van der Waals surface area contributed by atoms with Gasteiger partial charge in [-0.2, -0.15) is 0 Å². The summed E-state index contributed by atoms with van der Waals surface area (Å²) in [5.41, 5.74) is 0. The number of hydrogen-bond donors (Lipinski definition) is 0. The Labute approximate surface area is 112 Å². The summed E-state index contributed by atoms with van der Waals surface area (Å²) in [6.07, 6.45) is 0. The van der Waals surface area contributed by atoms with Crippen LogP contribution >= 0.6 is 0 Å². The van der Waals surface area contributed by atoms with Gasteiger partial charge in [0.05, 0.1) is 42.3 Å². The van der Waals surface area contributed by atoms with Gasteiger partial charge in [-0.25, -0.2) is 4.79 Å². The standard InChI is InChI=1S/C10H24N2O2.2ClH/c1-11(2,3)7-8-14-10(13)9-12(4,5)6;;/h7-9H2,1-6H3;2*1H/q+2;;/p-2. The van der Waals surface area contributed by atoms with Crippen LogP contribution in [0.5, 0.6) is 0 Å². The van der Waals surface area contributed by atoms with E-state index in [1.54, 1.807) is 0 Å². The van der Waals surface area contributed by atoms with Crippen molar-refractivity contribution in [3.8, 4) is 0 Å². The van der Waals surface area contributed by atoms with Crippen LogP contribution in [0.2, 0.25) is 0 Å². The van der Waals surface area contributed by atoms with E-state index in [4.69, 9.17) is 4.74 Å². The fourth-order valence-electron chi connectivity index (χ4n) is 0.866. The smallest absolute Gasteiger partial charge is 0.361 e. The molecule has 0 fully saturated rings. The molecule has 0 aliphatic heterocycles. The predicted octanol–water partition coefficient (Wildman–Crippen LogP) is -6.05. The SMILES string of the molecule is C[N+](C)(C)CCOC(=O)C[N+](C)(C)C.[Cl-].[Cl-]. The summed E-state index contributed by atoms with van der Waals surface area (Å²) in [5.74, 6) is -0.119. The Balaban J connectivity index is -0.000000845. The zero-order chi connectivity index (χ0) is 11.4. The topological polar surface area (TPSA) is 26.3 Å². The highest BCUT2D eigenvalue weighted by Crippen LogP contribution is 1.94. The number of carbonyl (C=O) groups is 1. The first-order valence-corrected chi connectivity index (χ1v) is 4.87. The molecule has 0 aromatic carbocycles. The molecule has 0 amide bonds. The lowest BCUT2D eigenvalue weighted by molar-refractivity contribution is -0.871. The summed E-state index contributed by atoms with van der Waals surface area (Å²) in [4.78, 5) is 11.3. The van der Waals surface area contributed by atoms with Crippen molar-refractivity contribution in [2.75, 3.05) is 62.0 Å². The van der Waals surface area contributed by atoms with Crippen molar-refractivity contribution in [3.63, 3.8) is 0 Å². The summed E-state index contributed by atoms with van der Waals surface area (Å²) in [5, 5.41) is 0. The van der Waals surface area contributed by atoms with E-state index >= 15 is 0 Å². The van der Waals surface area contributed by atoms with Gasteiger partial charge in [0.25, 0.3) is 0 Å². The maximum Gasteiger partial charge on any atom is 0.361 e. The predicted molar refractivity (Wildman–Crippen MR) is 56.8 cm³/mol. The van der Waals surface area contributed by atoms with Crippen LogP contribution in [0.4, 0.5) is 0 Å². The molecule has 0 heterocycles. The van der Waals surface area contributed by atoms with Gasteiger partial charge < -0.3 is 38.5 Å². The van der Waals surface area contributed by atoms with E-state index in [0.717, 1.165) is 11.0 Å².